The summed E-state index contributed by atoms with van der Waals surface area (Å²) in [7, 11) is 3.87. The molecule has 0 aliphatic carbocycles. The van der Waals surface area contributed by atoms with E-state index in [4.69, 9.17) is 9.47 Å². The molecular weight excluding hydrogens is 338 g/mol. The molecule has 5 heteroatoms. The van der Waals surface area contributed by atoms with E-state index in [0.29, 0.717) is 0 Å². The molecule has 0 saturated carbocycles. The molecule has 27 heavy (non-hydrogen) atoms. The van der Waals surface area contributed by atoms with Crippen LogP contribution < -0.4 is 9.64 Å². The van der Waals surface area contributed by atoms with Gasteiger partial charge in [0.25, 0.3) is 0 Å². The van der Waals surface area contributed by atoms with Crippen LogP contribution >= 0.6 is 0 Å². The van der Waals surface area contributed by atoms with Crippen molar-refractivity contribution in [2.45, 2.75) is 13.1 Å². The minimum Gasteiger partial charge on any atom is -0.497 e. The van der Waals surface area contributed by atoms with Crippen molar-refractivity contribution in [2.24, 2.45) is 0 Å². The fraction of sp³-hybridized carbons (Fsp3) is 0.364. The van der Waals surface area contributed by atoms with Crippen LogP contribution in [0, 0.1) is 0 Å². The summed E-state index contributed by atoms with van der Waals surface area (Å²) in [6.45, 7) is 5.32. The number of fused-ring (bicyclic) bond motifs is 1. The predicted octanol–water partition coefficient (Wildman–Crippen LogP) is 3.65. The molecule has 0 amide bonds. The zero-order valence-corrected chi connectivity index (χ0v) is 16.1. The van der Waals surface area contributed by atoms with Crippen LogP contribution in [-0.4, -0.2) is 50.3 Å². The molecule has 0 bridgehead atoms. The summed E-state index contributed by atoms with van der Waals surface area (Å²) >= 11 is 0. The summed E-state index contributed by atoms with van der Waals surface area (Å²) in [5, 5.41) is 1.19. The van der Waals surface area contributed by atoms with Crippen LogP contribution in [0.2, 0.25) is 0 Å². The number of benzene rings is 2. The van der Waals surface area contributed by atoms with Crippen molar-refractivity contribution < 1.29 is 9.47 Å². The second-order valence-corrected chi connectivity index (χ2v) is 7.15. The minimum absolute atomic E-state index is 0.808. The number of anilines is 1. The van der Waals surface area contributed by atoms with E-state index in [0.717, 1.165) is 50.7 Å². The van der Waals surface area contributed by atoms with Gasteiger partial charge in [0.15, 0.2) is 0 Å². The smallest absolute Gasteiger partial charge is 0.119 e. The van der Waals surface area contributed by atoms with Gasteiger partial charge in [-0.15, -0.1) is 0 Å². The number of morpholine rings is 1. The average Bonchev–Trinajstić information content (AvgIpc) is 3.10. The Balaban J connectivity index is 1.47. The number of H-pyrrole nitrogens is 1. The number of aromatic nitrogens is 1. The summed E-state index contributed by atoms with van der Waals surface area (Å²) in [5.41, 5.74) is 5.05. The molecule has 2 aromatic carbocycles. The molecule has 5 nitrogen and oxygen atoms in total. The second kappa shape index (κ2) is 8.03. The van der Waals surface area contributed by atoms with Crippen LogP contribution in [-0.2, 0) is 17.8 Å². The van der Waals surface area contributed by atoms with Gasteiger partial charge in [0.05, 0.1) is 20.3 Å². The second-order valence-electron chi connectivity index (χ2n) is 7.15. The highest BCUT2D eigenvalue weighted by Gasteiger charge is 2.15. The molecule has 0 spiro atoms. The van der Waals surface area contributed by atoms with Crippen molar-refractivity contribution in [1.29, 1.82) is 0 Å². The Kier molecular flexibility index (Phi) is 5.32. The molecule has 0 atom stereocenters. The Morgan fingerprint density at radius 3 is 2.70 bits per heavy atom. The number of rotatable bonds is 6. The lowest BCUT2D eigenvalue weighted by atomic mass is 10.1. The third-order valence-corrected chi connectivity index (χ3v) is 5.11. The summed E-state index contributed by atoms with van der Waals surface area (Å²) in [5.74, 6) is 0.890. The lowest BCUT2D eigenvalue weighted by Gasteiger charge is -2.31. The van der Waals surface area contributed by atoms with E-state index in [-0.39, 0.29) is 0 Å². The van der Waals surface area contributed by atoms with Crippen molar-refractivity contribution in [3.05, 3.63) is 59.8 Å². The molecule has 1 aliphatic heterocycles. The van der Waals surface area contributed by atoms with Gasteiger partial charge in [-0.25, -0.2) is 0 Å². The zero-order chi connectivity index (χ0) is 18.6. The van der Waals surface area contributed by atoms with E-state index in [1.54, 1.807) is 7.11 Å². The van der Waals surface area contributed by atoms with Gasteiger partial charge in [-0.2, -0.15) is 0 Å². The van der Waals surface area contributed by atoms with Gasteiger partial charge in [-0.1, -0.05) is 18.2 Å². The van der Waals surface area contributed by atoms with Crippen LogP contribution in [0.15, 0.2) is 48.5 Å². The fourth-order valence-electron chi connectivity index (χ4n) is 3.78. The predicted molar refractivity (Wildman–Crippen MR) is 109 cm³/mol. The third-order valence-electron chi connectivity index (χ3n) is 5.11. The molecule has 1 saturated heterocycles. The monoisotopic (exact) mass is 365 g/mol. The van der Waals surface area contributed by atoms with Crippen molar-refractivity contribution in [3.8, 4) is 5.75 Å². The molecule has 3 aromatic rings. The first-order valence-corrected chi connectivity index (χ1v) is 9.48. The third kappa shape index (κ3) is 4.10. The highest BCUT2D eigenvalue weighted by Crippen LogP contribution is 2.25. The molecule has 1 aliphatic rings. The molecule has 0 unspecified atom stereocenters. The molecule has 142 valence electrons. The van der Waals surface area contributed by atoms with E-state index in [9.17, 15) is 0 Å². The molecule has 1 fully saturated rings. The minimum atomic E-state index is 0.808. The van der Waals surface area contributed by atoms with Gasteiger partial charge in [-0.3, -0.25) is 4.90 Å². The summed E-state index contributed by atoms with van der Waals surface area (Å²) in [6.07, 6.45) is 0. The van der Waals surface area contributed by atoms with Crippen LogP contribution in [0.3, 0.4) is 0 Å². The number of ether oxygens (including phenoxy) is 2. The van der Waals surface area contributed by atoms with Crippen molar-refractivity contribution >= 4 is 16.6 Å². The highest BCUT2D eigenvalue weighted by atomic mass is 16.5. The number of hydrogen-bond donors (Lipinski definition) is 1. The first kappa shape index (κ1) is 17.9. The van der Waals surface area contributed by atoms with E-state index < -0.39 is 0 Å². The van der Waals surface area contributed by atoms with Gasteiger partial charge >= 0.3 is 0 Å². The fourth-order valence-corrected chi connectivity index (χ4v) is 3.78. The lowest BCUT2D eigenvalue weighted by Crippen LogP contribution is -2.37. The van der Waals surface area contributed by atoms with Gasteiger partial charge in [0, 0.05) is 48.5 Å². The maximum Gasteiger partial charge on any atom is 0.119 e. The van der Waals surface area contributed by atoms with Gasteiger partial charge in [0.2, 0.25) is 0 Å². The number of nitrogens with one attached hydrogen (secondary N) is 1. The van der Waals surface area contributed by atoms with Crippen molar-refractivity contribution in [1.82, 2.24) is 9.88 Å². The number of nitrogens with zero attached hydrogens (tertiary/aromatic N) is 2. The number of aromatic amines is 1. The Hall–Kier alpha value is -2.50. The SMILES string of the molecule is COc1ccc2[nH]c(CN(C)Cc3ccccc3N3CCOCC3)cc2c1. The summed E-state index contributed by atoms with van der Waals surface area (Å²) in [6, 6.07) is 17.1. The van der Waals surface area contributed by atoms with Crippen LogP contribution in [0.4, 0.5) is 5.69 Å². The van der Waals surface area contributed by atoms with Crippen molar-refractivity contribution in [2.75, 3.05) is 45.4 Å². The summed E-state index contributed by atoms with van der Waals surface area (Å²) in [4.78, 5) is 8.30. The van der Waals surface area contributed by atoms with Crippen LogP contribution in [0.1, 0.15) is 11.3 Å². The van der Waals surface area contributed by atoms with Gasteiger partial charge in [0.1, 0.15) is 5.75 Å². The van der Waals surface area contributed by atoms with E-state index >= 15 is 0 Å². The molecule has 2 heterocycles. The van der Waals surface area contributed by atoms with E-state index in [2.05, 4.69) is 64.3 Å². The molecule has 1 N–H and O–H groups in total. The average molecular weight is 365 g/mol. The number of para-hydroxylation sites is 1. The largest absolute Gasteiger partial charge is 0.497 e. The molecule has 1 aromatic heterocycles. The van der Waals surface area contributed by atoms with Crippen LogP contribution in [0.5, 0.6) is 5.75 Å². The Morgan fingerprint density at radius 1 is 1.07 bits per heavy atom. The standard InChI is InChI=1S/C22H27N3O2/c1-24(16-19-13-18-14-20(26-2)7-8-21(18)23-19)15-17-5-3-4-6-22(17)25-9-11-27-12-10-25/h3-8,13-14,23H,9-12,15-16H2,1-2H3. The maximum absolute atomic E-state index is 5.50. The Bertz CT molecular complexity index is 899. The Morgan fingerprint density at radius 2 is 1.89 bits per heavy atom. The van der Waals surface area contributed by atoms with Crippen LogP contribution in [0.25, 0.3) is 10.9 Å². The number of methoxy groups -OCH3 is 1. The van der Waals surface area contributed by atoms with Gasteiger partial charge < -0.3 is 19.4 Å². The topological polar surface area (TPSA) is 40.7 Å². The quantitative estimate of drug-likeness (QED) is 0.724. The zero-order valence-electron chi connectivity index (χ0n) is 16.1. The van der Waals surface area contributed by atoms with E-state index in [1.165, 1.54) is 22.3 Å². The molecule has 4 rings (SSSR count). The molecular formula is C22H27N3O2. The maximum atomic E-state index is 5.50. The lowest BCUT2D eigenvalue weighted by molar-refractivity contribution is 0.122. The normalized spacial score (nSPS) is 14.9. The Labute approximate surface area is 160 Å². The highest BCUT2D eigenvalue weighted by molar-refractivity contribution is 5.81. The first-order chi connectivity index (χ1) is 13.2. The van der Waals surface area contributed by atoms with Crippen molar-refractivity contribution in [3.63, 3.8) is 0 Å². The first-order valence-electron chi connectivity index (χ1n) is 9.48. The van der Waals surface area contributed by atoms with Gasteiger partial charge in [-0.05, 0) is 42.9 Å². The number of hydrogen-bond acceptors (Lipinski definition) is 4. The van der Waals surface area contributed by atoms with E-state index in [1.807, 2.05) is 6.07 Å². The summed E-state index contributed by atoms with van der Waals surface area (Å²) < 4.78 is 10.8. The molecule has 0 radical (unpaired) electrons.